The van der Waals surface area contributed by atoms with E-state index in [1.54, 1.807) is 12.1 Å². The third kappa shape index (κ3) is 3.89. The molecule has 0 aliphatic carbocycles. The van der Waals surface area contributed by atoms with E-state index in [1.165, 1.54) is 6.07 Å². The van der Waals surface area contributed by atoms with Crippen molar-refractivity contribution in [1.82, 2.24) is 0 Å². The van der Waals surface area contributed by atoms with E-state index in [9.17, 15) is 10.1 Å². The van der Waals surface area contributed by atoms with E-state index in [0.29, 0.717) is 10.7 Å². The Kier molecular flexibility index (Phi) is 4.34. The van der Waals surface area contributed by atoms with Gasteiger partial charge in [-0.05, 0) is 32.4 Å². The van der Waals surface area contributed by atoms with E-state index in [-0.39, 0.29) is 11.2 Å². The number of benzene rings is 1. The Balaban J connectivity index is 3.02. The highest BCUT2D eigenvalue weighted by atomic mass is 35.5. The third-order valence-corrected chi connectivity index (χ3v) is 2.74. The van der Waals surface area contributed by atoms with Crippen molar-refractivity contribution in [2.75, 3.05) is 5.32 Å². The van der Waals surface area contributed by atoms with Crippen molar-refractivity contribution in [3.8, 4) is 0 Å². The van der Waals surface area contributed by atoms with Crippen LogP contribution in [-0.4, -0.2) is 10.5 Å². The molecule has 0 amide bonds. The molecule has 0 radical (unpaired) electrons. The van der Waals surface area contributed by atoms with Gasteiger partial charge in [0.1, 0.15) is 5.69 Å². The van der Waals surface area contributed by atoms with Crippen LogP contribution in [0.5, 0.6) is 0 Å². The summed E-state index contributed by atoms with van der Waals surface area (Å²) in [6, 6.07) is 4.67. The highest BCUT2D eigenvalue weighted by molar-refractivity contribution is 6.30. The first-order valence-corrected chi connectivity index (χ1v) is 5.95. The molecule has 0 bridgehead atoms. The Morgan fingerprint density at radius 2 is 2.12 bits per heavy atom. The molecule has 1 rings (SSSR count). The minimum absolute atomic E-state index is 0.0154. The summed E-state index contributed by atoms with van der Waals surface area (Å²) in [4.78, 5) is 10.5. The molecular formula is C12H17ClN2O2. The number of nitrogens with one attached hydrogen (secondary N) is 1. The maximum atomic E-state index is 10.9. The highest BCUT2D eigenvalue weighted by Crippen LogP contribution is 2.30. The Bertz CT molecular complexity index is 419. The lowest BCUT2D eigenvalue weighted by Crippen LogP contribution is -2.30. The standard InChI is InChI=1S/C12H17ClN2O2/c1-4-7-12(2,3)14-10-6-5-9(13)8-11(10)15(16)17/h5-6,8,14H,4,7H2,1-3H3. The van der Waals surface area contributed by atoms with Gasteiger partial charge in [-0.15, -0.1) is 0 Å². The highest BCUT2D eigenvalue weighted by Gasteiger charge is 2.21. The first-order valence-electron chi connectivity index (χ1n) is 5.58. The van der Waals surface area contributed by atoms with E-state index < -0.39 is 4.92 Å². The third-order valence-electron chi connectivity index (χ3n) is 2.50. The van der Waals surface area contributed by atoms with Gasteiger partial charge in [0.25, 0.3) is 5.69 Å². The molecule has 1 aromatic rings. The number of hydrogen-bond donors (Lipinski definition) is 1. The van der Waals surface area contributed by atoms with Crippen LogP contribution in [0.2, 0.25) is 5.02 Å². The van der Waals surface area contributed by atoms with Crippen molar-refractivity contribution in [1.29, 1.82) is 0 Å². The predicted octanol–water partition coefficient (Wildman–Crippen LogP) is 4.24. The van der Waals surface area contributed by atoms with Gasteiger partial charge in [-0.3, -0.25) is 10.1 Å². The molecule has 1 N–H and O–H groups in total. The SMILES string of the molecule is CCCC(C)(C)Nc1ccc(Cl)cc1[N+](=O)[O-]. The molecule has 4 nitrogen and oxygen atoms in total. The predicted molar refractivity (Wildman–Crippen MR) is 70.7 cm³/mol. The summed E-state index contributed by atoms with van der Waals surface area (Å²) in [5.41, 5.74) is 0.354. The van der Waals surface area contributed by atoms with Crippen molar-refractivity contribution < 1.29 is 4.92 Å². The second kappa shape index (κ2) is 5.36. The number of rotatable bonds is 5. The molecule has 0 saturated carbocycles. The van der Waals surface area contributed by atoms with Gasteiger partial charge in [0.2, 0.25) is 0 Å². The molecular weight excluding hydrogens is 240 g/mol. The van der Waals surface area contributed by atoms with Gasteiger partial charge in [-0.1, -0.05) is 24.9 Å². The average Bonchev–Trinajstić information content (AvgIpc) is 2.20. The topological polar surface area (TPSA) is 55.2 Å². The van der Waals surface area contributed by atoms with Gasteiger partial charge in [-0.2, -0.15) is 0 Å². The van der Waals surface area contributed by atoms with Gasteiger partial charge in [0.15, 0.2) is 0 Å². The maximum absolute atomic E-state index is 10.9. The van der Waals surface area contributed by atoms with E-state index in [1.807, 2.05) is 13.8 Å². The monoisotopic (exact) mass is 256 g/mol. The molecule has 0 aromatic heterocycles. The summed E-state index contributed by atoms with van der Waals surface area (Å²) in [5.74, 6) is 0. The molecule has 0 unspecified atom stereocenters. The van der Waals surface area contributed by atoms with Crippen LogP contribution in [0.3, 0.4) is 0 Å². The molecule has 0 heterocycles. The number of nitrogens with zero attached hydrogens (tertiary/aromatic N) is 1. The molecule has 94 valence electrons. The fraction of sp³-hybridized carbons (Fsp3) is 0.500. The number of anilines is 1. The van der Waals surface area contributed by atoms with Crippen molar-refractivity contribution in [2.45, 2.75) is 39.2 Å². The van der Waals surface area contributed by atoms with Gasteiger partial charge in [0.05, 0.1) is 4.92 Å². The molecule has 0 atom stereocenters. The zero-order valence-corrected chi connectivity index (χ0v) is 11.0. The van der Waals surface area contributed by atoms with Crippen molar-refractivity contribution >= 4 is 23.0 Å². The van der Waals surface area contributed by atoms with Crippen molar-refractivity contribution in [3.05, 3.63) is 33.3 Å². The molecule has 0 saturated heterocycles. The Hall–Kier alpha value is -1.29. The van der Waals surface area contributed by atoms with Crippen LogP contribution in [0.25, 0.3) is 0 Å². The van der Waals surface area contributed by atoms with E-state index in [2.05, 4.69) is 12.2 Å². The fourth-order valence-electron chi connectivity index (χ4n) is 1.81. The van der Waals surface area contributed by atoms with E-state index in [0.717, 1.165) is 12.8 Å². The maximum Gasteiger partial charge on any atom is 0.293 e. The van der Waals surface area contributed by atoms with E-state index in [4.69, 9.17) is 11.6 Å². The van der Waals surface area contributed by atoms with Gasteiger partial charge < -0.3 is 5.32 Å². The lowest BCUT2D eigenvalue weighted by Gasteiger charge is -2.26. The Morgan fingerprint density at radius 3 is 2.65 bits per heavy atom. The van der Waals surface area contributed by atoms with Gasteiger partial charge in [-0.25, -0.2) is 0 Å². The fourth-order valence-corrected chi connectivity index (χ4v) is 1.98. The molecule has 0 spiro atoms. The normalized spacial score (nSPS) is 11.3. The van der Waals surface area contributed by atoms with Crippen LogP contribution >= 0.6 is 11.6 Å². The second-order valence-electron chi connectivity index (χ2n) is 4.68. The number of nitro groups is 1. The summed E-state index contributed by atoms with van der Waals surface area (Å²) >= 11 is 5.76. The zero-order chi connectivity index (χ0) is 13.1. The molecule has 5 heteroatoms. The minimum Gasteiger partial charge on any atom is -0.375 e. The number of halogens is 1. The van der Waals surface area contributed by atoms with Crippen LogP contribution in [0.1, 0.15) is 33.6 Å². The largest absolute Gasteiger partial charge is 0.375 e. The summed E-state index contributed by atoms with van der Waals surface area (Å²) in [6.07, 6.45) is 1.95. The summed E-state index contributed by atoms with van der Waals surface area (Å²) in [7, 11) is 0. The molecule has 17 heavy (non-hydrogen) atoms. The van der Waals surface area contributed by atoms with Crippen LogP contribution in [-0.2, 0) is 0 Å². The molecule has 0 fully saturated rings. The van der Waals surface area contributed by atoms with Crippen LogP contribution in [0.4, 0.5) is 11.4 Å². The Morgan fingerprint density at radius 1 is 1.47 bits per heavy atom. The second-order valence-corrected chi connectivity index (χ2v) is 5.11. The van der Waals surface area contributed by atoms with E-state index >= 15 is 0 Å². The van der Waals surface area contributed by atoms with Crippen molar-refractivity contribution in [3.63, 3.8) is 0 Å². The quantitative estimate of drug-likeness (QED) is 0.633. The molecule has 0 aliphatic heterocycles. The van der Waals surface area contributed by atoms with Gasteiger partial charge in [0, 0.05) is 16.6 Å². The average molecular weight is 257 g/mol. The first-order chi connectivity index (χ1) is 7.85. The Labute approximate surface area is 106 Å². The lowest BCUT2D eigenvalue weighted by atomic mass is 9.98. The lowest BCUT2D eigenvalue weighted by molar-refractivity contribution is -0.384. The van der Waals surface area contributed by atoms with Crippen LogP contribution < -0.4 is 5.32 Å². The molecule has 1 aromatic carbocycles. The van der Waals surface area contributed by atoms with Crippen molar-refractivity contribution in [2.24, 2.45) is 0 Å². The zero-order valence-electron chi connectivity index (χ0n) is 10.3. The number of hydrogen-bond acceptors (Lipinski definition) is 3. The summed E-state index contributed by atoms with van der Waals surface area (Å²) in [6.45, 7) is 6.13. The smallest absolute Gasteiger partial charge is 0.293 e. The number of nitro benzene ring substituents is 1. The van der Waals surface area contributed by atoms with Crippen LogP contribution in [0.15, 0.2) is 18.2 Å². The first kappa shape index (κ1) is 13.8. The summed E-state index contributed by atoms with van der Waals surface area (Å²) in [5, 5.41) is 14.5. The van der Waals surface area contributed by atoms with Gasteiger partial charge >= 0.3 is 0 Å². The minimum atomic E-state index is -0.420. The summed E-state index contributed by atoms with van der Waals surface area (Å²) < 4.78 is 0. The van der Waals surface area contributed by atoms with Crippen LogP contribution in [0, 0.1) is 10.1 Å². The molecule has 0 aliphatic rings.